The monoisotopic (exact) mass is 362 g/mol. The molecule has 0 spiro atoms. The minimum Gasteiger partial charge on any atom is -0.339 e. The highest BCUT2D eigenvalue weighted by Gasteiger charge is 2.25. The smallest absolute Gasteiger partial charge is 0.233 e. The molecule has 1 atom stereocenters. The maximum atomic E-state index is 14.0. The van der Waals surface area contributed by atoms with Crippen LogP contribution in [0.2, 0.25) is 0 Å². The number of aromatic nitrogens is 3. The van der Waals surface area contributed by atoms with E-state index in [9.17, 15) is 9.18 Å². The van der Waals surface area contributed by atoms with Gasteiger partial charge in [-0.15, -0.1) is 10.2 Å². The van der Waals surface area contributed by atoms with Crippen LogP contribution in [0.4, 0.5) is 4.39 Å². The van der Waals surface area contributed by atoms with Gasteiger partial charge in [0.05, 0.1) is 11.3 Å². The second-order valence-electron chi connectivity index (χ2n) is 6.28. The van der Waals surface area contributed by atoms with Crippen LogP contribution < -0.4 is 0 Å². The van der Waals surface area contributed by atoms with E-state index < -0.39 is 0 Å². The summed E-state index contributed by atoms with van der Waals surface area (Å²) in [6.45, 7) is 2.98. The van der Waals surface area contributed by atoms with Crippen molar-refractivity contribution in [2.24, 2.45) is 7.05 Å². The quantitative estimate of drug-likeness (QED) is 0.764. The highest BCUT2D eigenvalue weighted by Crippen LogP contribution is 2.26. The summed E-state index contributed by atoms with van der Waals surface area (Å²) in [5.74, 6) is 0.619. The van der Waals surface area contributed by atoms with Crippen LogP contribution >= 0.6 is 11.8 Å². The van der Waals surface area contributed by atoms with Crippen LogP contribution in [0.15, 0.2) is 29.4 Å². The Kier molecular flexibility index (Phi) is 5.73. The SMILES string of the molecule is CCC1CCCCN1C(=O)CSc1nnc(-c2ccccc2F)n1C. The number of likely N-dealkylation sites (tertiary alicyclic amines) is 1. The average molecular weight is 362 g/mol. The van der Waals surface area contributed by atoms with Crippen molar-refractivity contribution >= 4 is 17.7 Å². The number of halogens is 1. The number of amides is 1. The number of piperidine rings is 1. The van der Waals surface area contributed by atoms with Crippen LogP contribution in [0.5, 0.6) is 0 Å². The van der Waals surface area contributed by atoms with Gasteiger partial charge >= 0.3 is 0 Å². The topological polar surface area (TPSA) is 51.0 Å². The highest BCUT2D eigenvalue weighted by atomic mass is 32.2. The minimum atomic E-state index is -0.329. The van der Waals surface area contributed by atoms with Crippen molar-refractivity contribution in [2.45, 2.75) is 43.8 Å². The van der Waals surface area contributed by atoms with Crippen LogP contribution in [0.25, 0.3) is 11.4 Å². The summed E-state index contributed by atoms with van der Waals surface area (Å²) in [5, 5.41) is 8.85. The van der Waals surface area contributed by atoms with E-state index in [1.165, 1.54) is 24.2 Å². The van der Waals surface area contributed by atoms with E-state index >= 15 is 0 Å². The Morgan fingerprint density at radius 2 is 2.12 bits per heavy atom. The molecule has 0 N–H and O–H groups in total. The van der Waals surface area contributed by atoms with E-state index in [4.69, 9.17) is 0 Å². The zero-order valence-electron chi connectivity index (χ0n) is 14.6. The van der Waals surface area contributed by atoms with E-state index in [0.717, 1.165) is 25.8 Å². The van der Waals surface area contributed by atoms with Crippen molar-refractivity contribution in [1.29, 1.82) is 0 Å². The molecule has 0 radical (unpaired) electrons. The fourth-order valence-corrected chi connectivity index (χ4v) is 4.08. The molecule has 1 aromatic carbocycles. The van der Waals surface area contributed by atoms with E-state index in [0.29, 0.717) is 28.3 Å². The van der Waals surface area contributed by atoms with Gasteiger partial charge in [-0.05, 0) is 37.8 Å². The van der Waals surface area contributed by atoms with E-state index in [-0.39, 0.29) is 11.7 Å². The Morgan fingerprint density at radius 1 is 1.32 bits per heavy atom. The van der Waals surface area contributed by atoms with Crippen molar-refractivity contribution in [1.82, 2.24) is 19.7 Å². The summed E-state index contributed by atoms with van der Waals surface area (Å²) in [6.07, 6.45) is 4.37. The molecule has 1 aliphatic heterocycles. The van der Waals surface area contributed by atoms with Gasteiger partial charge < -0.3 is 9.47 Å². The van der Waals surface area contributed by atoms with Crippen LogP contribution in [-0.4, -0.2) is 43.9 Å². The third kappa shape index (κ3) is 3.86. The molecule has 25 heavy (non-hydrogen) atoms. The lowest BCUT2D eigenvalue weighted by Gasteiger charge is -2.35. The molecule has 2 heterocycles. The summed E-state index contributed by atoms with van der Waals surface area (Å²) in [5.41, 5.74) is 0.415. The molecule has 0 saturated carbocycles. The first-order valence-corrected chi connectivity index (χ1v) is 9.67. The van der Waals surface area contributed by atoms with E-state index in [1.807, 2.05) is 4.90 Å². The van der Waals surface area contributed by atoms with Crippen LogP contribution in [0.3, 0.4) is 0 Å². The molecule has 1 aromatic heterocycles. The number of thioether (sulfide) groups is 1. The number of carbonyl (C=O) groups excluding carboxylic acids is 1. The first kappa shape index (κ1) is 17.9. The van der Waals surface area contributed by atoms with Gasteiger partial charge in [-0.25, -0.2) is 4.39 Å². The Morgan fingerprint density at radius 3 is 2.88 bits per heavy atom. The lowest BCUT2D eigenvalue weighted by Crippen LogP contribution is -2.44. The van der Waals surface area contributed by atoms with Gasteiger partial charge in [-0.2, -0.15) is 0 Å². The second kappa shape index (κ2) is 7.99. The normalized spacial score (nSPS) is 17.7. The lowest BCUT2D eigenvalue weighted by molar-refractivity contribution is -0.132. The maximum absolute atomic E-state index is 14.0. The molecular weight excluding hydrogens is 339 g/mol. The zero-order chi connectivity index (χ0) is 17.8. The number of benzene rings is 1. The van der Waals surface area contributed by atoms with Gasteiger partial charge in [-0.1, -0.05) is 30.8 Å². The van der Waals surface area contributed by atoms with E-state index in [1.54, 1.807) is 29.8 Å². The maximum Gasteiger partial charge on any atom is 0.233 e. The summed E-state index contributed by atoms with van der Waals surface area (Å²) in [6, 6.07) is 6.85. The van der Waals surface area contributed by atoms with Crippen LogP contribution in [0, 0.1) is 5.82 Å². The molecule has 3 rings (SSSR count). The van der Waals surface area contributed by atoms with Crippen molar-refractivity contribution in [2.75, 3.05) is 12.3 Å². The Hall–Kier alpha value is -1.89. The third-order valence-electron chi connectivity index (χ3n) is 4.69. The number of hydrogen-bond acceptors (Lipinski definition) is 4. The second-order valence-corrected chi connectivity index (χ2v) is 7.22. The fourth-order valence-electron chi connectivity index (χ4n) is 3.28. The molecule has 134 valence electrons. The zero-order valence-corrected chi connectivity index (χ0v) is 15.4. The molecular formula is C18H23FN4OS. The van der Waals surface area contributed by atoms with Gasteiger partial charge in [0, 0.05) is 19.6 Å². The highest BCUT2D eigenvalue weighted by molar-refractivity contribution is 7.99. The van der Waals surface area contributed by atoms with Crippen molar-refractivity contribution < 1.29 is 9.18 Å². The van der Waals surface area contributed by atoms with Crippen molar-refractivity contribution in [3.8, 4) is 11.4 Å². The predicted octanol–water partition coefficient (Wildman–Crippen LogP) is 3.50. The molecule has 7 heteroatoms. The fraction of sp³-hybridized carbons (Fsp3) is 0.500. The van der Waals surface area contributed by atoms with Gasteiger partial charge in [0.15, 0.2) is 11.0 Å². The average Bonchev–Trinajstić information content (AvgIpc) is 3.00. The Balaban J connectivity index is 1.68. The summed E-state index contributed by atoms with van der Waals surface area (Å²) in [7, 11) is 1.80. The third-order valence-corrected chi connectivity index (χ3v) is 5.70. The standard InChI is InChI=1S/C18H23FN4OS/c1-3-13-8-6-7-11-23(13)16(24)12-25-18-21-20-17(22(18)2)14-9-4-5-10-15(14)19/h4-5,9-10,13H,3,6-8,11-12H2,1-2H3. The molecule has 0 bridgehead atoms. The molecule has 0 aliphatic carbocycles. The van der Waals surface area contributed by atoms with Crippen molar-refractivity contribution in [3.05, 3.63) is 30.1 Å². The molecule has 2 aromatic rings. The number of rotatable bonds is 5. The first-order chi connectivity index (χ1) is 12.1. The van der Waals surface area contributed by atoms with Gasteiger partial charge in [-0.3, -0.25) is 4.79 Å². The molecule has 1 aliphatic rings. The predicted molar refractivity (Wildman–Crippen MR) is 96.8 cm³/mol. The first-order valence-electron chi connectivity index (χ1n) is 8.68. The minimum absolute atomic E-state index is 0.145. The summed E-state index contributed by atoms with van der Waals surface area (Å²) < 4.78 is 15.7. The molecule has 1 amide bonds. The van der Waals surface area contributed by atoms with Crippen LogP contribution in [-0.2, 0) is 11.8 Å². The largest absolute Gasteiger partial charge is 0.339 e. The Bertz CT molecular complexity index is 748. The van der Waals surface area contributed by atoms with Crippen LogP contribution in [0.1, 0.15) is 32.6 Å². The molecule has 1 fully saturated rings. The number of carbonyl (C=O) groups is 1. The van der Waals surface area contributed by atoms with Crippen molar-refractivity contribution in [3.63, 3.8) is 0 Å². The summed E-state index contributed by atoms with van der Waals surface area (Å²) >= 11 is 1.36. The molecule has 1 saturated heterocycles. The number of nitrogens with zero attached hydrogens (tertiary/aromatic N) is 4. The van der Waals surface area contributed by atoms with Gasteiger partial charge in [0.1, 0.15) is 5.82 Å². The molecule has 1 unspecified atom stereocenters. The summed E-state index contributed by atoms with van der Waals surface area (Å²) in [4.78, 5) is 14.6. The van der Waals surface area contributed by atoms with Gasteiger partial charge in [0.2, 0.25) is 5.91 Å². The van der Waals surface area contributed by atoms with Gasteiger partial charge in [0.25, 0.3) is 0 Å². The lowest BCUT2D eigenvalue weighted by atomic mass is 10.0. The van der Waals surface area contributed by atoms with E-state index in [2.05, 4.69) is 17.1 Å². The molecule has 5 nitrogen and oxygen atoms in total. The Labute approximate surface area is 151 Å². The number of hydrogen-bond donors (Lipinski definition) is 0.